The van der Waals surface area contributed by atoms with E-state index in [0.29, 0.717) is 6.54 Å². The highest BCUT2D eigenvalue weighted by Crippen LogP contribution is 2.27. The largest absolute Gasteiger partial charge is 0.460 e. The number of amides is 2. The molecule has 9 nitrogen and oxygen atoms in total. The van der Waals surface area contributed by atoms with Gasteiger partial charge in [-0.2, -0.15) is 0 Å². The van der Waals surface area contributed by atoms with E-state index in [2.05, 4.69) is 10.3 Å². The van der Waals surface area contributed by atoms with Gasteiger partial charge in [0.15, 0.2) is 6.61 Å². The van der Waals surface area contributed by atoms with Crippen LogP contribution in [-0.4, -0.2) is 54.0 Å². The molecule has 0 saturated heterocycles. The van der Waals surface area contributed by atoms with Crippen molar-refractivity contribution in [1.29, 1.82) is 0 Å². The second-order valence-electron chi connectivity index (χ2n) is 10.7. The SMILES string of the molecule is CC(C)(C)OC(=O)C[C@H](Cc1c[nH]c2ccccc12)C(=O)NCC(=O)OCC(=O)N1CCCc2ccccc21. The average Bonchev–Trinajstić information content (AvgIpc) is 3.31. The molecule has 2 heterocycles. The lowest BCUT2D eigenvalue weighted by atomic mass is 9.94. The Balaban J connectivity index is 1.34. The third kappa shape index (κ3) is 7.46. The normalized spacial score (nSPS) is 13.9. The molecule has 206 valence electrons. The molecule has 9 heteroatoms. The molecular formula is C30H35N3O6. The molecule has 1 aliphatic heterocycles. The Morgan fingerprint density at radius 2 is 1.77 bits per heavy atom. The Morgan fingerprint density at radius 3 is 2.56 bits per heavy atom. The summed E-state index contributed by atoms with van der Waals surface area (Å²) >= 11 is 0. The zero-order chi connectivity index (χ0) is 28.0. The first-order valence-electron chi connectivity index (χ1n) is 13.2. The molecule has 39 heavy (non-hydrogen) atoms. The van der Waals surface area contributed by atoms with Gasteiger partial charge in [-0.3, -0.25) is 19.2 Å². The van der Waals surface area contributed by atoms with Crippen molar-refractivity contribution >= 4 is 40.3 Å². The minimum absolute atomic E-state index is 0.148. The molecule has 3 aromatic rings. The number of H-pyrrole nitrogens is 1. The second-order valence-corrected chi connectivity index (χ2v) is 10.7. The number of para-hydroxylation sites is 2. The van der Waals surface area contributed by atoms with Gasteiger partial charge in [-0.1, -0.05) is 36.4 Å². The van der Waals surface area contributed by atoms with E-state index < -0.39 is 42.5 Å². The maximum Gasteiger partial charge on any atom is 0.325 e. The van der Waals surface area contributed by atoms with Crippen molar-refractivity contribution in [2.75, 3.05) is 24.6 Å². The lowest BCUT2D eigenvalue weighted by Crippen LogP contribution is -2.40. The maximum atomic E-state index is 13.1. The van der Waals surface area contributed by atoms with E-state index in [-0.39, 0.29) is 18.7 Å². The first-order chi connectivity index (χ1) is 18.6. The van der Waals surface area contributed by atoms with Crippen LogP contribution in [0.5, 0.6) is 0 Å². The van der Waals surface area contributed by atoms with Crippen LogP contribution in [0.3, 0.4) is 0 Å². The summed E-state index contributed by atoms with van der Waals surface area (Å²) in [6.07, 6.45) is 3.68. The number of carbonyl (C=O) groups is 4. The van der Waals surface area contributed by atoms with Crippen molar-refractivity contribution in [1.82, 2.24) is 10.3 Å². The summed E-state index contributed by atoms with van der Waals surface area (Å²) in [6, 6.07) is 15.4. The van der Waals surface area contributed by atoms with E-state index in [1.165, 1.54) is 0 Å². The molecule has 0 unspecified atom stereocenters. The summed E-state index contributed by atoms with van der Waals surface area (Å²) < 4.78 is 10.6. The maximum absolute atomic E-state index is 13.1. The first-order valence-corrected chi connectivity index (χ1v) is 13.2. The Kier molecular flexibility index (Phi) is 8.69. The van der Waals surface area contributed by atoms with Gasteiger partial charge in [-0.15, -0.1) is 0 Å². The zero-order valence-corrected chi connectivity index (χ0v) is 22.6. The number of benzene rings is 2. The van der Waals surface area contributed by atoms with Gasteiger partial charge in [-0.25, -0.2) is 0 Å². The number of hydrogen-bond donors (Lipinski definition) is 2. The first kappa shape index (κ1) is 27.9. The number of esters is 2. The average molecular weight is 534 g/mol. The van der Waals surface area contributed by atoms with Gasteiger partial charge in [-0.05, 0) is 63.3 Å². The lowest BCUT2D eigenvalue weighted by Gasteiger charge is -2.29. The van der Waals surface area contributed by atoms with Crippen molar-refractivity contribution in [2.24, 2.45) is 5.92 Å². The molecular weight excluding hydrogens is 498 g/mol. The number of aromatic nitrogens is 1. The topological polar surface area (TPSA) is 118 Å². The number of aryl methyl sites for hydroxylation is 1. The fourth-order valence-corrected chi connectivity index (χ4v) is 4.78. The fraction of sp³-hybridized carbons (Fsp3) is 0.400. The van der Waals surface area contributed by atoms with Gasteiger partial charge < -0.3 is 24.7 Å². The van der Waals surface area contributed by atoms with E-state index in [4.69, 9.17) is 9.47 Å². The van der Waals surface area contributed by atoms with E-state index in [1.807, 2.05) is 54.7 Å². The van der Waals surface area contributed by atoms with Crippen LogP contribution in [0.15, 0.2) is 54.7 Å². The van der Waals surface area contributed by atoms with Crippen molar-refractivity contribution in [3.8, 4) is 0 Å². The van der Waals surface area contributed by atoms with Crippen molar-refractivity contribution < 1.29 is 28.7 Å². The van der Waals surface area contributed by atoms with Crippen LogP contribution >= 0.6 is 0 Å². The van der Waals surface area contributed by atoms with Crippen molar-refractivity contribution in [2.45, 2.75) is 52.1 Å². The number of aromatic amines is 1. The van der Waals surface area contributed by atoms with Crippen LogP contribution in [-0.2, 0) is 41.5 Å². The van der Waals surface area contributed by atoms with E-state index in [0.717, 1.165) is 40.6 Å². The molecule has 2 aromatic carbocycles. The summed E-state index contributed by atoms with van der Waals surface area (Å²) in [5.41, 5.74) is 3.03. The summed E-state index contributed by atoms with van der Waals surface area (Å²) in [5, 5.41) is 3.53. The molecule has 1 atom stereocenters. The predicted molar refractivity (Wildman–Crippen MR) is 147 cm³/mol. The number of ether oxygens (including phenoxy) is 2. The van der Waals surface area contributed by atoms with E-state index in [1.54, 1.807) is 25.7 Å². The Bertz CT molecular complexity index is 1360. The van der Waals surface area contributed by atoms with Crippen molar-refractivity contribution in [3.05, 3.63) is 65.9 Å². The molecule has 0 spiro atoms. The van der Waals surface area contributed by atoms with Gasteiger partial charge in [0.1, 0.15) is 12.1 Å². The third-order valence-corrected chi connectivity index (χ3v) is 6.52. The minimum Gasteiger partial charge on any atom is -0.460 e. The van der Waals surface area contributed by atoms with Gasteiger partial charge in [0.05, 0.1) is 12.3 Å². The molecule has 2 amide bonds. The lowest BCUT2D eigenvalue weighted by molar-refractivity contribution is -0.157. The van der Waals surface area contributed by atoms with Crippen LogP contribution < -0.4 is 10.2 Å². The third-order valence-electron chi connectivity index (χ3n) is 6.52. The molecule has 0 radical (unpaired) electrons. The van der Waals surface area contributed by atoms with Gasteiger partial charge in [0, 0.05) is 29.3 Å². The van der Waals surface area contributed by atoms with Gasteiger partial charge >= 0.3 is 11.9 Å². The summed E-state index contributed by atoms with van der Waals surface area (Å²) in [5.74, 6) is -2.79. The highest BCUT2D eigenvalue weighted by molar-refractivity contribution is 5.96. The van der Waals surface area contributed by atoms with Crippen LogP contribution in [0.1, 0.15) is 44.7 Å². The number of hydrogen-bond acceptors (Lipinski definition) is 6. The number of anilines is 1. The molecule has 0 fully saturated rings. The van der Waals surface area contributed by atoms with Crippen LogP contribution in [0.4, 0.5) is 5.69 Å². The molecule has 2 N–H and O–H groups in total. The summed E-state index contributed by atoms with van der Waals surface area (Å²) in [7, 11) is 0. The summed E-state index contributed by atoms with van der Waals surface area (Å²) in [4.78, 5) is 55.6. The fourth-order valence-electron chi connectivity index (χ4n) is 4.78. The highest BCUT2D eigenvalue weighted by atomic mass is 16.6. The number of nitrogens with one attached hydrogen (secondary N) is 2. The number of fused-ring (bicyclic) bond motifs is 2. The van der Waals surface area contributed by atoms with Crippen LogP contribution in [0, 0.1) is 5.92 Å². The van der Waals surface area contributed by atoms with Crippen molar-refractivity contribution in [3.63, 3.8) is 0 Å². The zero-order valence-electron chi connectivity index (χ0n) is 22.6. The standard InChI is InChI=1S/C30H35N3O6/c1-30(2,3)39-27(35)16-21(15-22-17-31-24-12-6-5-11-23(22)24)29(37)32-18-28(36)38-19-26(34)33-14-8-10-20-9-4-7-13-25(20)33/h4-7,9,11-13,17,21,31H,8,10,14-16,18-19H2,1-3H3,(H,32,37)/t21-/m0/s1. The number of rotatable bonds is 9. The smallest absolute Gasteiger partial charge is 0.325 e. The molecule has 0 saturated carbocycles. The van der Waals surface area contributed by atoms with E-state index in [9.17, 15) is 19.2 Å². The second kappa shape index (κ2) is 12.1. The molecule has 1 aromatic heterocycles. The monoisotopic (exact) mass is 533 g/mol. The predicted octanol–water partition coefficient (Wildman–Crippen LogP) is 3.70. The Hall–Kier alpha value is -4.14. The quantitative estimate of drug-likeness (QED) is 0.405. The molecule has 0 bridgehead atoms. The summed E-state index contributed by atoms with van der Waals surface area (Å²) in [6.45, 7) is 5.02. The van der Waals surface area contributed by atoms with E-state index >= 15 is 0 Å². The van der Waals surface area contributed by atoms with Crippen LogP contribution in [0.2, 0.25) is 0 Å². The molecule has 4 rings (SSSR count). The van der Waals surface area contributed by atoms with Crippen LogP contribution in [0.25, 0.3) is 10.9 Å². The van der Waals surface area contributed by atoms with Gasteiger partial charge in [0.2, 0.25) is 5.91 Å². The minimum atomic E-state index is -0.765. The molecule has 1 aliphatic rings. The highest BCUT2D eigenvalue weighted by Gasteiger charge is 2.28. The number of carbonyl (C=O) groups excluding carboxylic acids is 4. The number of nitrogens with zero attached hydrogens (tertiary/aromatic N) is 1. The molecule has 0 aliphatic carbocycles. The van der Waals surface area contributed by atoms with Gasteiger partial charge in [0.25, 0.3) is 5.91 Å². The Morgan fingerprint density at radius 1 is 1.03 bits per heavy atom. The Labute approximate surface area is 227 Å².